The summed E-state index contributed by atoms with van der Waals surface area (Å²) in [4.78, 5) is 4.32. The molecule has 0 spiro atoms. The molecule has 3 rings (SSSR count). The third kappa shape index (κ3) is 3.61. The minimum atomic E-state index is 0.452. The quantitative estimate of drug-likeness (QED) is 0.713. The number of hydrogen-bond donors (Lipinski definition) is 2. The average Bonchev–Trinajstić information content (AvgIpc) is 3.10. The maximum absolute atomic E-state index is 5.31. The van der Waals surface area contributed by atoms with Crippen molar-refractivity contribution >= 4 is 28.7 Å². The van der Waals surface area contributed by atoms with Crippen LogP contribution in [0.15, 0.2) is 55.2 Å². The van der Waals surface area contributed by atoms with E-state index in [2.05, 4.69) is 25.8 Å². The van der Waals surface area contributed by atoms with Gasteiger partial charge in [-0.3, -0.25) is 4.57 Å². The van der Waals surface area contributed by atoms with Crippen molar-refractivity contribution in [1.82, 2.24) is 19.7 Å². The largest absolute Gasteiger partial charge is 0.495 e. The Morgan fingerprint density at radius 2 is 1.87 bits per heavy atom. The molecule has 2 heterocycles. The van der Waals surface area contributed by atoms with Crippen molar-refractivity contribution in [3.05, 3.63) is 55.2 Å². The molecule has 0 aliphatic heterocycles. The van der Waals surface area contributed by atoms with Gasteiger partial charge in [-0.25, -0.2) is 4.98 Å². The lowest BCUT2D eigenvalue weighted by atomic mass is 10.3. The topological polar surface area (TPSA) is 76.9 Å². The second-order valence-electron chi connectivity index (χ2n) is 4.55. The Morgan fingerprint density at radius 3 is 2.57 bits per heavy atom. The number of anilines is 2. The Kier molecular flexibility index (Phi) is 4.44. The van der Waals surface area contributed by atoms with E-state index in [-0.39, 0.29) is 0 Å². The van der Waals surface area contributed by atoms with Crippen LogP contribution >= 0.6 is 12.2 Å². The number of nitrogens with one attached hydrogen (secondary N) is 2. The van der Waals surface area contributed by atoms with E-state index in [0.717, 1.165) is 22.9 Å². The smallest absolute Gasteiger partial charge is 0.175 e. The van der Waals surface area contributed by atoms with Crippen LogP contribution in [0.25, 0.3) is 5.82 Å². The molecule has 0 saturated heterocycles. The number of rotatable bonds is 4. The molecule has 0 saturated carbocycles. The van der Waals surface area contributed by atoms with Gasteiger partial charge in [0.15, 0.2) is 5.11 Å². The number of benzene rings is 1. The minimum Gasteiger partial charge on any atom is -0.495 e. The Hall–Kier alpha value is -3.00. The van der Waals surface area contributed by atoms with Crippen LogP contribution in [0.3, 0.4) is 0 Å². The number of pyridine rings is 1. The summed E-state index contributed by atoms with van der Waals surface area (Å²) in [5.41, 5.74) is 1.57. The number of nitrogens with zero attached hydrogens (tertiary/aromatic N) is 4. The van der Waals surface area contributed by atoms with Crippen LogP contribution < -0.4 is 15.4 Å². The molecule has 0 bridgehead atoms. The summed E-state index contributed by atoms with van der Waals surface area (Å²) in [5.74, 6) is 1.45. The zero-order valence-corrected chi connectivity index (χ0v) is 13.1. The van der Waals surface area contributed by atoms with Gasteiger partial charge in [0, 0.05) is 0 Å². The van der Waals surface area contributed by atoms with Crippen LogP contribution in [0.2, 0.25) is 0 Å². The summed E-state index contributed by atoms with van der Waals surface area (Å²) >= 11 is 5.31. The van der Waals surface area contributed by atoms with Gasteiger partial charge in [0.25, 0.3) is 0 Å². The van der Waals surface area contributed by atoms with Crippen LogP contribution in [0.1, 0.15) is 0 Å². The predicted molar refractivity (Wildman–Crippen MR) is 92.0 cm³/mol. The zero-order chi connectivity index (χ0) is 16.1. The summed E-state index contributed by atoms with van der Waals surface area (Å²) in [6, 6.07) is 11.3. The lowest BCUT2D eigenvalue weighted by Crippen LogP contribution is -2.19. The highest BCUT2D eigenvalue weighted by Crippen LogP contribution is 2.23. The van der Waals surface area contributed by atoms with Crippen LogP contribution in [-0.4, -0.2) is 32.0 Å². The fourth-order valence-corrected chi connectivity index (χ4v) is 2.19. The third-order valence-electron chi connectivity index (χ3n) is 3.04. The number of hydrogen-bond acceptors (Lipinski definition) is 5. The van der Waals surface area contributed by atoms with E-state index in [9.17, 15) is 0 Å². The second kappa shape index (κ2) is 6.84. The van der Waals surface area contributed by atoms with E-state index >= 15 is 0 Å². The SMILES string of the molecule is COc1ccccc1NC(=S)Nc1ccc(-n2cnnc2)nc1. The van der Waals surface area contributed by atoms with Crippen molar-refractivity contribution in [1.29, 1.82) is 0 Å². The van der Waals surface area contributed by atoms with Gasteiger partial charge in [-0.1, -0.05) is 12.1 Å². The molecule has 2 aromatic heterocycles. The van der Waals surface area contributed by atoms with Crippen molar-refractivity contribution in [2.24, 2.45) is 0 Å². The molecule has 8 heteroatoms. The molecule has 116 valence electrons. The summed E-state index contributed by atoms with van der Waals surface area (Å²) in [7, 11) is 1.62. The van der Waals surface area contributed by atoms with Gasteiger partial charge in [-0.15, -0.1) is 10.2 Å². The maximum Gasteiger partial charge on any atom is 0.175 e. The first-order chi connectivity index (χ1) is 11.3. The predicted octanol–water partition coefficient (Wildman–Crippen LogP) is 2.48. The van der Waals surface area contributed by atoms with Crippen LogP contribution in [-0.2, 0) is 0 Å². The molecule has 0 aliphatic carbocycles. The molecular formula is C15H14N6OS. The number of para-hydroxylation sites is 2. The fraction of sp³-hybridized carbons (Fsp3) is 0.0667. The van der Waals surface area contributed by atoms with E-state index in [1.165, 1.54) is 0 Å². The Labute approximate surface area is 138 Å². The summed E-state index contributed by atoms with van der Waals surface area (Å²) < 4.78 is 6.99. The molecule has 0 amide bonds. The number of methoxy groups -OCH3 is 1. The first-order valence-electron chi connectivity index (χ1n) is 6.78. The molecule has 0 radical (unpaired) electrons. The van der Waals surface area contributed by atoms with Crippen molar-refractivity contribution < 1.29 is 4.74 Å². The van der Waals surface area contributed by atoms with Gasteiger partial charge in [0.1, 0.15) is 24.2 Å². The monoisotopic (exact) mass is 326 g/mol. The van der Waals surface area contributed by atoms with Crippen LogP contribution in [0.5, 0.6) is 5.75 Å². The molecule has 7 nitrogen and oxygen atoms in total. The van der Waals surface area contributed by atoms with Gasteiger partial charge >= 0.3 is 0 Å². The van der Waals surface area contributed by atoms with E-state index < -0.39 is 0 Å². The lowest BCUT2D eigenvalue weighted by Gasteiger charge is -2.13. The fourth-order valence-electron chi connectivity index (χ4n) is 1.96. The molecule has 3 aromatic rings. The highest BCUT2D eigenvalue weighted by molar-refractivity contribution is 7.80. The van der Waals surface area contributed by atoms with E-state index in [4.69, 9.17) is 17.0 Å². The van der Waals surface area contributed by atoms with Crippen molar-refractivity contribution in [2.75, 3.05) is 17.7 Å². The van der Waals surface area contributed by atoms with Gasteiger partial charge in [-0.2, -0.15) is 0 Å². The first-order valence-corrected chi connectivity index (χ1v) is 7.19. The maximum atomic E-state index is 5.31. The minimum absolute atomic E-state index is 0.452. The number of ether oxygens (including phenoxy) is 1. The average molecular weight is 326 g/mol. The molecule has 0 aliphatic rings. The molecule has 0 atom stereocenters. The van der Waals surface area contributed by atoms with E-state index in [0.29, 0.717) is 5.11 Å². The highest BCUT2D eigenvalue weighted by Gasteiger charge is 2.05. The molecule has 23 heavy (non-hydrogen) atoms. The Bertz CT molecular complexity index is 788. The standard InChI is InChI=1S/C15H14N6OS/c1-22-13-5-3-2-4-12(13)20-15(23)19-11-6-7-14(16-8-11)21-9-17-18-10-21/h2-10H,1H3,(H2,19,20,23). The molecule has 1 aromatic carbocycles. The number of thiocarbonyl (C=S) groups is 1. The summed E-state index contributed by atoms with van der Waals surface area (Å²) in [6.07, 6.45) is 4.86. The zero-order valence-electron chi connectivity index (χ0n) is 12.3. The highest BCUT2D eigenvalue weighted by atomic mass is 32.1. The van der Waals surface area contributed by atoms with Gasteiger partial charge < -0.3 is 15.4 Å². The molecule has 0 unspecified atom stereocenters. The van der Waals surface area contributed by atoms with Crippen LogP contribution in [0.4, 0.5) is 11.4 Å². The van der Waals surface area contributed by atoms with Crippen molar-refractivity contribution in [3.63, 3.8) is 0 Å². The first kappa shape index (κ1) is 14.9. The summed E-state index contributed by atoms with van der Waals surface area (Å²) in [6.45, 7) is 0. The van der Waals surface area contributed by atoms with Crippen molar-refractivity contribution in [3.8, 4) is 11.6 Å². The summed E-state index contributed by atoms with van der Waals surface area (Å²) in [5, 5.41) is 14.1. The second-order valence-corrected chi connectivity index (χ2v) is 4.96. The number of aromatic nitrogens is 4. The molecular weight excluding hydrogens is 312 g/mol. The van der Waals surface area contributed by atoms with E-state index in [1.54, 1.807) is 30.5 Å². The Morgan fingerprint density at radius 1 is 1.09 bits per heavy atom. The third-order valence-corrected chi connectivity index (χ3v) is 3.25. The molecule has 0 fully saturated rings. The van der Waals surface area contributed by atoms with E-state index in [1.807, 2.05) is 36.4 Å². The molecule has 2 N–H and O–H groups in total. The van der Waals surface area contributed by atoms with Gasteiger partial charge in [-0.05, 0) is 36.5 Å². The lowest BCUT2D eigenvalue weighted by molar-refractivity contribution is 0.417. The Balaban J connectivity index is 1.66. The van der Waals surface area contributed by atoms with Gasteiger partial charge in [0.05, 0.1) is 24.7 Å². The van der Waals surface area contributed by atoms with Gasteiger partial charge in [0.2, 0.25) is 0 Å². The normalized spacial score (nSPS) is 10.1. The van der Waals surface area contributed by atoms with Crippen LogP contribution in [0, 0.1) is 0 Å². The van der Waals surface area contributed by atoms with Crippen molar-refractivity contribution in [2.45, 2.75) is 0 Å².